The van der Waals surface area contributed by atoms with E-state index in [0.29, 0.717) is 17.1 Å². The molecule has 0 aromatic heterocycles. The van der Waals surface area contributed by atoms with Crippen molar-refractivity contribution in [1.29, 1.82) is 0 Å². The fraction of sp³-hybridized carbons (Fsp3) is 0.667. The standard InChI is InChI=1S/C18H27N3O2S/c22-24(23)17-9-5-4-8-16(17)19-13-18(20-24)10-11-21(14-18)12-15-6-2-1-3-7-15/h4-5,8-9,15,19H,1-3,6-7,10-14H2,(H-,20,22,23). The van der Waals surface area contributed by atoms with Crippen LogP contribution in [0.4, 0.5) is 5.69 Å². The number of para-hydroxylation sites is 1. The van der Waals surface area contributed by atoms with Crippen LogP contribution in [0.3, 0.4) is 0 Å². The molecule has 132 valence electrons. The summed E-state index contributed by atoms with van der Waals surface area (Å²) in [6.45, 7) is 3.57. The second kappa shape index (κ2) is 6.41. The Hall–Kier alpha value is -0.950. The number of hydrogen-bond donors (Lipinski definition) is 2. The average molecular weight is 350 g/mol. The van der Waals surface area contributed by atoms with Gasteiger partial charge in [-0.05, 0) is 37.3 Å². The summed E-state index contributed by atoms with van der Waals surface area (Å²) in [5.41, 5.74) is 0.333. The van der Waals surface area contributed by atoms with Crippen molar-refractivity contribution in [2.75, 3.05) is 31.5 Å². The summed E-state index contributed by atoms with van der Waals surface area (Å²) in [5.74, 6) is 0.793. The van der Waals surface area contributed by atoms with Crippen molar-refractivity contribution in [3.63, 3.8) is 0 Å². The van der Waals surface area contributed by atoms with Crippen LogP contribution < -0.4 is 10.0 Å². The van der Waals surface area contributed by atoms with E-state index in [9.17, 15) is 8.76 Å². The SMILES string of the molecule is O=[S+]1([O-])NC2(CCN(CC3CCCCC3)C2)CNc2ccccc21. The second-order valence-electron chi connectivity index (χ2n) is 7.72. The number of nitrogens with one attached hydrogen (secondary N) is 2. The van der Waals surface area contributed by atoms with E-state index in [1.807, 2.05) is 12.1 Å². The van der Waals surface area contributed by atoms with Crippen molar-refractivity contribution in [3.05, 3.63) is 24.3 Å². The van der Waals surface area contributed by atoms with Gasteiger partial charge in [0.1, 0.15) is 0 Å². The first-order chi connectivity index (χ1) is 11.6. The van der Waals surface area contributed by atoms with E-state index in [1.165, 1.54) is 32.1 Å². The Morgan fingerprint density at radius 2 is 2.04 bits per heavy atom. The van der Waals surface area contributed by atoms with E-state index >= 15 is 0 Å². The number of anilines is 1. The minimum atomic E-state index is -3.47. The smallest absolute Gasteiger partial charge is 0.198 e. The molecule has 1 aromatic rings. The fourth-order valence-electron chi connectivity index (χ4n) is 4.56. The molecule has 3 aliphatic rings. The molecule has 0 bridgehead atoms. The van der Waals surface area contributed by atoms with E-state index in [4.69, 9.17) is 0 Å². The van der Waals surface area contributed by atoms with E-state index < -0.39 is 10.4 Å². The molecule has 2 fully saturated rings. The molecule has 24 heavy (non-hydrogen) atoms. The summed E-state index contributed by atoms with van der Waals surface area (Å²) in [5, 5.41) is 3.37. The molecule has 1 aliphatic carbocycles. The van der Waals surface area contributed by atoms with Gasteiger partial charge >= 0.3 is 0 Å². The first kappa shape index (κ1) is 16.5. The molecule has 2 atom stereocenters. The van der Waals surface area contributed by atoms with Crippen molar-refractivity contribution in [3.8, 4) is 0 Å². The molecule has 1 saturated carbocycles. The zero-order valence-electron chi connectivity index (χ0n) is 14.1. The third kappa shape index (κ3) is 3.25. The van der Waals surface area contributed by atoms with E-state index in [1.54, 1.807) is 12.1 Å². The first-order valence-electron chi connectivity index (χ1n) is 9.16. The zero-order chi connectivity index (χ0) is 16.6. The monoisotopic (exact) mass is 349 g/mol. The summed E-state index contributed by atoms with van der Waals surface area (Å²) < 4.78 is 28.6. The highest BCUT2D eigenvalue weighted by Gasteiger charge is 2.46. The molecule has 2 unspecified atom stereocenters. The predicted octanol–water partition coefficient (Wildman–Crippen LogP) is 2.63. The van der Waals surface area contributed by atoms with Gasteiger partial charge in [0.15, 0.2) is 15.3 Å². The van der Waals surface area contributed by atoms with E-state index in [0.717, 1.165) is 32.0 Å². The maximum atomic E-state index is 12.8. The zero-order valence-corrected chi connectivity index (χ0v) is 14.9. The van der Waals surface area contributed by atoms with Crippen LogP contribution in [0, 0.1) is 5.92 Å². The second-order valence-corrected chi connectivity index (χ2v) is 9.38. The van der Waals surface area contributed by atoms with Crippen molar-refractivity contribution in [2.45, 2.75) is 49.0 Å². The number of nitrogens with zero attached hydrogens (tertiary/aromatic N) is 1. The highest BCUT2D eigenvalue weighted by molar-refractivity contribution is 7.96. The molecule has 0 radical (unpaired) electrons. The summed E-state index contributed by atoms with van der Waals surface area (Å²) in [7, 11) is -3.47. The molecular weight excluding hydrogens is 322 g/mol. The molecule has 5 nitrogen and oxygen atoms in total. The number of rotatable bonds is 2. The van der Waals surface area contributed by atoms with Gasteiger partial charge in [0, 0.05) is 26.2 Å². The molecule has 0 amide bonds. The normalized spacial score (nSPS) is 34.7. The fourth-order valence-corrected chi connectivity index (χ4v) is 6.17. The van der Waals surface area contributed by atoms with Crippen molar-refractivity contribution in [2.24, 2.45) is 5.92 Å². The topological polar surface area (TPSA) is 67.4 Å². The third-order valence-corrected chi connectivity index (χ3v) is 7.46. The van der Waals surface area contributed by atoms with E-state index in [-0.39, 0.29) is 5.54 Å². The Bertz CT molecular complexity index is 647. The minimum absolute atomic E-state index is 0.368. The highest BCUT2D eigenvalue weighted by Crippen LogP contribution is 2.34. The molecular formula is C18H27N3O2S. The summed E-state index contributed by atoms with van der Waals surface area (Å²) in [6, 6.07) is 7.19. The van der Waals surface area contributed by atoms with Gasteiger partial charge in [0.25, 0.3) is 0 Å². The van der Waals surface area contributed by atoms with Crippen LogP contribution in [0.25, 0.3) is 0 Å². The maximum Gasteiger partial charge on any atom is 0.198 e. The number of benzene rings is 1. The van der Waals surface area contributed by atoms with Crippen LogP contribution in [0.15, 0.2) is 29.2 Å². The van der Waals surface area contributed by atoms with Gasteiger partial charge < -0.3 is 14.8 Å². The molecule has 1 aromatic carbocycles. The molecule has 2 aliphatic heterocycles. The highest BCUT2D eigenvalue weighted by atomic mass is 32.3. The molecule has 4 rings (SSSR count). The quantitative estimate of drug-likeness (QED) is 0.806. The Kier molecular flexibility index (Phi) is 4.41. The van der Waals surface area contributed by atoms with Crippen LogP contribution in [0.5, 0.6) is 0 Å². The third-order valence-electron chi connectivity index (χ3n) is 5.82. The van der Waals surface area contributed by atoms with Gasteiger partial charge in [0.05, 0.1) is 11.2 Å². The van der Waals surface area contributed by atoms with Gasteiger partial charge in [-0.3, -0.25) is 0 Å². The minimum Gasteiger partial charge on any atom is -0.593 e. The average Bonchev–Trinajstić information content (AvgIpc) is 2.91. The Balaban J connectivity index is 1.48. The molecule has 6 heteroatoms. The van der Waals surface area contributed by atoms with Crippen molar-refractivity contribution < 1.29 is 8.76 Å². The lowest BCUT2D eigenvalue weighted by Gasteiger charge is -2.31. The first-order valence-corrected chi connectivity index (χ1v) is 10.6. The van der Waals surface area contributed by atoms with Gasteiger partial charge in [-0.25, -0.2) is 0 Å². The van der Waals surface area contributed by atoms with Crippen LogP contribution in [0.1, 0.15) is 38.5 Å². The van der Waals surface area contributed by atoms with Crippen molar-refractivity contribution >= 4 is 16.1 Å². The maximum absolute atomic E-state index is 12.8. The number of sulfonamides is 1. The van der Waals surface area contributed by atoms with Crippen molar-refractivity contribution in [1.82, 2.24) is 9.62 Å². The molecule has 2 N–H and O–H groups in total. The summed E-state index contributed by atoms with van der Waals surface area (Å²) in [4.78, 5) is 2.84. The lowest BCUT2D eigenvalue weighted by molar-refractivity contribution is 0.222. The largest absolute Gasteiger partial charge is 0.593 e. The molecule has 2 heterocycles. The number of fused-ring (bicyclic) bond motifs is 1. The van der Waals surface area contributed by atoms with Gasteiger partial charge in [0.2, 0.25) is 0 Å². The number of likely N-dealkylation sites (tertiary alicyclic amines) is 1. The van der Waals surface area contributed by atoms with E-state index in [2.05, 4.69) is 14.9 Å². The van der Waals surface area contributed by atoms with Gasteiger partial charge in [-0.1, -0.05) is 35.6 Å². The Morgan fingerprint density at radius 1 is 1.25 bits per heavy atom. The summed E-state index contributed by atoms with van der Waals surface area (Å²) >= 11 is 0. The lowest BCUT2D eigenvalue weighted by Crippen LogP contribution is -2.55. The summed E-state index contributed by atoms with van der Waals surface area (Å²) in [6.07, 6.45) is 7.63. The van der Waals surface area contributed by atoms with Gasteiger partial charge in [-0.15, -0.1) is 4.72 Å². The lowest BCUT2D eigenvalue weighted by atomic mass is 9.89. The molecule has 1 spiro atoms. The van der Waals surface area contributed by atoms with Crippen LogP contribution in [-0.4, -0.2) is 41.2 Å². The van der Waals surface area contributed by atoms with Crippen LogP contribution in [-0.2, 0) is 14.6 Å². The number of hydrogen-bond acceptors (Lipinski definition) is 4. The Morgan fingerprint density at radius 3 is 2.88 bits per heavy atom. The van der Waals surface area contributed by atoms with Gasteiger partial charge in [-0.2, -0.15) is 0 Å². The van der Waals surface area contributed by atoms with Crippen LogP contribution >= 0.6 is 0 Å². The van der Waals surface area contributed by atoms with Crippen LogP contribution in [0.2, 0.25) is 0 Å². The molecule has 1 saturated heterocycles. The predicted molar refractivity (Wildman–Crippen MR) is 95.5 cm³/mol. The Labute approximate surface area is 145 Å².